The van der Waals surface area contributed by atoms with E-state index in [0.717, 1.165) is 50.3 Å². The van der Waals surface area contributed by atoms with Gasteiger partial charge in [-0.3, -0.25) is 9.97 Å². The number of hydrogen-bond donors (Lipinski definition) is 0. The Bertz CT molecular complexity index is 2400. The average Bonchev–Trinajstić information content (AvgIpc) is 3.20. The van der Waals surface area contributed by atoms with Crippen molar-refractivity contribution in [3.63, 3.8) is 0 Å². The lowest BCUT2D eigenvalue weighted by molar-refractivity contribution is 0.360. The van der Waals surface area contributed by atoms with E-state index in [2.05, 4.69) is 22.1 Å². The van der Waals surface area contributed by atoms with Crippen LogP contribution in [0, 0.1) is 0 Å². The highest BCUT2D eigenvalue weighted by atomic mass is 16.6. The number of benzene rings is 5. The van der Waals surface area contributed by atoms with Crippen LogP contribution in [0.5, 0.6) is 23.0 Å². The average molecular weight is 646 g/mol. The molecule has 0 saturated carbocycles. The van der Waals surface area contributed by atoms with E-state index >= 15 is 0 Å². The van der Waals surface area contributed by atoms with Crippen LogP contribution in [0.4, 0.5) is 0 Å². The molecule has 0 unspecified atom stereocenters. The van der Waals surface area contributed by atoms with Gasteiger partial charge < -0.3 is 9.47 Å². The standard InChI is InChI=1S/C43H27N5O2/c1-3-11-29(12-4-1)41-46-42(30-13-5-2-6-14-30)48-43(47-41)31-19-17-28(18-20-31)32-21-22-37-38(25-32)50-40-27-34(36-16-8-10-24-45-36)33(26-39(40)49-37)35-15-7-9-23-44-35/h1-27H. The molecule has 50 heavy (non-hydrogen) atoms. The quantitative estimate of drug-likeness (QED) is 0.178. The molecule has 1 aliphatic rings. The van der Waals surface area contributed by atoms with Gasteiger partial charge in [-0.25, -0.2) is 15.0 Å². The molecule has 0 bridgehead atoms. The molecule has 5 aromatic carbocycles. The number of ether oxygens (including phenoxy) is 2. The van der Waals surface area contributed by atoms with Gasteiger partial charge in [-0.05, 0) is 59.7 Å². The summed E-state index contributed by atoms with van der Waals surface area (Å²) in [6.45, 7) is 0. The first kappa shape index (κ1) is 29.2. The Morgan fingerprint density at radius 2 is 0.740 bits per heavy atom. The fraction of sp³-hybridized carbons (Fsp3) is 0. The second kappa shape index (κ2) is 12.6. The van der Waals surface area contributed by atoms with Crippen molar-refractivity contribution in [3.05, 3.63) is 164 Å². The Hall–Kier alpha value is -6.99. The topological polar surface area (TPSA) is 82.9 Å². The van der Waals surface area contributed by atoms with Crippen molar-refractivity contribution in [2.24, 2.45) is 0 Å². The maximum atomic E-state index is 6.50. The monoisotopic (exact) mass is 645 g/mol. The first-order valence-electron chi connectivity index (χ1n) is 16.2. The zero-order valence-electron chi connectivity index (χ0n) is 26.6. The summed E-state index contributed by atoms with van der Waals surface area (Å²) < 4.78 is 12.9. The first-order chi connectivity index (χ1) is 24.7. The molecule has 0 amide bonds. The Labute approximate surface area is 288 Å². The third-order valence-electron chi connectivity index (χ3n) is 8.52. The summed E-state index contributed by atoms with van der Waals surface area (Å²) in [4.78, 5) is 23.8. The van der Waals surface area contributed by atoms with Crippen LogP contribution in [-0.4, -0.2) is 24.9 Å². The number of rotatable bonds is 6. The largest absolute Gasteiger partial charge is 0.449 e. The van der Waals surface area contributed by atoms with Gasteiger partial charge in [0.2, 0.25) is 0 Å². The van der Waals surface area contributed by atoms with Crippen LogP contribution in [-0.2, 0) is 0 Å². The van der Waals surface area contributed by atoms with Crippen molar-refractivity contribution in [1.29, 1.82) is 0 Å². The van der Waals surface area contributed by atoms with Crippen molar-refractivity contribution < 1.29 is 9.47 Å². The van der Waals surface area contributed by atoms with Crippen molar-refractivity contribution in [3.8, 4) is 90.8 Å². The van der Waals surface area contributed by atoms with E-state index in [1.165, 1.54) is 0 Å². The van der Waals surface area contributed by atoms with Crippen LogP contribution in [0.25, 0.3) is 67.8 Å². The molecule has 3 aromatic heterocycles. The first-order valence-corrected chi connectivity index (χ1v) is 16.2. The van der Waals surface area contributed by atoms with E-state index in [9.17, 15) is 0 Å². The molecule has 0 fully saturated rings. The third-order valence-corrected chi connectivity index (χ3v) is 8.52. The molecule has 0 saturated heterocycles. The number of hydrogen-bond acceptors (Lipinski definition) is 7. The molecule has 236 valence electrons. The normalized spacial score (nSPS) is 11.5. The number of fused-ring (bicyclic) bond motifs is 2. The van der Waals surface area contributed by atoms with Crippen molar-refractivity contribution >= 4 is 0 Å². The number of pyridine rings is 2. The highest BCUT2D eigenvalue weighted by Crippen LogP contribution is 2.50. The third kappa shape index (κ3) is 5.63. The van der Waals surface area contributed by atoms with Gasteiger partial charge in [0.05, 0.1) is 11.4 Å². The Morgan fingerprint density at radius 3 is 1.24 bits per heavy atom. The molecule has 0 N–H and O–H groups in total. The molecule has 0 atom stereocenters. The van der Waals surface area contributed by atoms with Crippen LogP contribution in [0.3, 0.4) is 0 Å². The fourth-order valence-corrected chi connectivity index (χ4v) is 6.03. The molecule has 9 rings (SSSR count). The SMILES string of the molecule is c1ccc(-c2nc(-c3ccccc3)nc(-c3ccc(-c4ccc5c(c4)Oc4cc(-c6ccccn6)c(-c6ccccn6)cc4O5)cc3)n2)cc1. The molecule has 7 nitrogen and oxygen atoms in total. The minimum atomic E-state index is 0.608. The van der Waals surface area contributed by atoms with E-state index in [4.69, 9.17) is 24.4 Å². The van der Waals surface area contributed by atoms with E-state index < -0.39 is 0 Å². The molecule has 0 spiro atoms. The summed E-state index contributed by atoms with van der Waals surface area (Å²) in [6.07, 6.45) is 3.57. The van der Waals surface area contributed by atoms with Crippen molar-refractivity contribution in [2.75, 3.05) is 0 Å². The van der Waals surface area contributed by atoms with Gasteiger partial charge in [0.25, 0.3) is 0 Å². The van der Waals surface area contributed by atoms with Gasteiger partial charge in [0, 0.05) is 40.2 Å². The zero-order chi connectivity index (χ0) is 33.3. The van der Waals surface area contributed by atoms with E-state index in [-0.39, 0.29) is 0 Å². The van der Waals surface area contributed by atoms with Gasteiger partial charge >= 0.3 is 0 Å². The molecule has 1 aliphatic heterocycles. The Morgan fingerprint density at radius 1 is 0.320 bits per heavy atom. The molecule has 4 heterocycles. The lowest BCUT2D eigenvalue weighted by Gasteiger charge is -2.23. The highest BCUT2D eigenvalue weighted by Gasteiger charge is 2.24. The summed E-state index contributed by atoms with van der Waals surface area (Å²) in [6, 6.07) is 49.8. The number of aromatic nitrogens is 5. The van der Waals surface area contributed by atoms with Gasteiger partial charge in [-0.15, -0.1) is 0 Å². The molecular weight excluding hydrogens is 619 g/mol. The minimum Gasteiger partial charge on any atom is -0.449 e. The highest BCUT2D eigenvalue weighted by molar-refractivity contribution is 5.84. The number of nitrogens with zero attached hydrogens (tertiary/aromatic N) is 5. The summed E-state index contributed by atoms with van der Waals surface area (Å²) in [5.74, 6) is 4.38. The summed E-state index contributed by atoms with van der Waals surface area (Å²) >= 11 is 0. The van der Waals surface area contributed by atoms with Gasteiger partial charge in [0.15, 0.2) is 40.5 Å². The molecular formula is C43H27N5O2. The second-order valence-electron chi connectivity index (χ2n) is 11.8. The van der Waals surface area contributed by atoms with Gasteiger partial charge in [0.1, 0.15) is 0 Å². The van der Waals surface area contributed by atoms with Crippen molar-refractivity contribution in [2.45, 2.75) is 0 Å². The lowest BCUT2D eigenvalue weighted by atomic mass is 9.99. The molecule has 0 radical (unpaired) electrons. The predicted molar refractivity (Wildman–Crippen MR) is 195 cm³/mol. The maximum Gasteiger partial charge on any atom is 0.170 e. The summed E-state index contributed by atoms with van der Waals surface area (Å²) in [5.41, 5.74) is 8.24. The Balaban J connectivity index is 1.04. The van der Waals surface area contributed by atoms with E-state index in [1.807, 2.05) is 140 Å². The van der Waals surface area contributed by atoms with Crippen LogP contribution in [0.15, 0.2) is 164 Å². The summed E-state index contributed by atoms with van der Waals surface area (Å²) in [5, 5.41) is 0. The Kier molecular flexibility index (Phi) is 7.33. The molecule has 8 aromatic rings. The van der Waals surface area contributed by atoms with Crippen LogP contribution < -0.4 is 9.47 Å². The zero-order valence-corrected chi connectivity index (χ0v) is 26.6. The van der Waals surface area contributed by atoms with Crippen LogP contribution in [0.2, 0.25) is 0 Å². The second-order valence-corrected chi connectivity index (χ2v) is 11.8. The smallest absolute Gasteiger partial charge is 0.170 e. The summed E-state index contributed by atoms with van der Waals surface area (Å²) in [7, 11) is 0. The van der Waals surface area contributed by atoms with Crippen LogP contribution >= 0.6 is 0 Å². The lowest BCUT2D eigenvalue weighted by Crippen LogP contribution is -2.01. The van der Waals surface area contributed by atoms with Gasteiger partial charge in [-0.2, -0.15) is 0 Å². The van der Waals surface area contributed by atoms with Crippen molar-refractivity contribution in [1.82, 2.24) is 24.9 Å². The maximum absolute atomic E-state index is 6.50. The predicted octanol–water partition coefficient (Wildman–Crippen LogP) is 10.6. The van der Waals surface area contributed by atoms with Crippen LogP contribution in [0.1, 0.15) is 0 Å². The fourth-order valence-electron chi connectivity index (χ4n) is 6.03. The van der Waals surface area contributed by atoms with E-state index in [1.54, 1.807) is 12.4 Å². The molecule has 0 aliphatic carbocycles. The molecule has 7 heteroatoms. The van der Waals surface area contributed by atoms with Gasteiger partial charge in [-0.1, -0.05) is 103 Å². The van der Waals surface area contributed by atoms with E-state index in [0.29, 0.717) is 40.5 Å². The minimum absolute atomic E-state index is 0.608.